The van der Waals surface area contributed by atoms with Gasteiger partial charge in [0.15, 0.2) is 0 Å². The normalized spacial score (nSPS) is 11.4. The van der Waals surface area contributed by atoms with E-state index in [-0.39, 0.29) is 11.7 Å². The largest absolute Gasteiger partial charge is 0.368 e. The Balaban J connectivity index is 2.80. The third kappa shape index (κ3) is 3.65. The van der Waals surface area contributed by atoms with Crippen LogP contribution in [0.15, 0.2) is 6.20 Å². The summed E-state index contributed by atoms with van der Waals surface area (Å²) in [6.07, 6.45) is 2.83. The lowest BCUT2D eigenvalue weighted by Gasteiger charge is -2.19. The molecule has 0 amide bonds. The Kier molecular flexibility index (Phi) is 3.69. The number of hydrogen-bond acceptors (Lipinski definition) is 6. The van der Waals surface area contributed by atoms with Gasteiger partial charge in [0.2, 0.25) is 5.95 Å². The molecule has 6 nitrogen and oxygen atoms in total. The molecule has 0 atom stereocenters. The summed E-state index contributed by atoms with van der Waals surface area (Å²) in [6, 6.07) is 0. The average Bonchev–Trinajstić information content (AvgIpc) is 2.17. The SMILES string of the molecule is Cc1cnc(N)nc1N(C)CCS(C)(=O)=O. The topological polar surface area (TPSA) is 89.2 Å². The van der Waals surface area contributed by atoms with Crippen LogP contribution in [-0.4, -0.2) is 44.0 Å². The van der Waals surface area contributed by atoms with E-state index in [0.717, 1.165) is 5.56 Å². The number of nitrogen functional groups attached to an aromatic ring is 1. The summed E-state index contributed by atoms with van der Waals surface area (Å²) in [5, 5.41) is 0. The van der Waals surface area contributed by atoms with E-state index in [2.05, 4.69) is 9.97 Å². The van der Waals surface area contributed by atoms with Crippen molar-refractivity contribution >= 4 is 21.6 Å². The minimum atomic E-state index is -2.97. The fraction of sp³-hybridized carbons (Fsp3) is 0.556. The highest BCUT2D eigenvalue weighted by atomic mass is 32.2. The zero-order chi connectivity index (χ0) is 12.3. The Morgan fingerprint density at radius 2 is 2.12 bits per heavy atom. The molecule has 1 aromatic rings. The van der Waals surface area contributed by atoms with E-state index < -0.39 is 9.84 Å². The summed E-state index contributed by atoms with van der Waals surface area (Å²) >= 11 is 0. The minimum absolute atomic E-state index is 0.0901. The summed E-state index contributed by atoms with van der Waals surface area (Å²) in [5.41, 5.74) is 6.35. The van der Waals surface area contributed by atoms with Gasteiger partial charge >= 0.3 is 0 Å². The third-order valence-electron chi connectivity index (χ3n) is 2.12. The summed E-state index contributed by atoms with van der Waals surface area (Å²) < 4.78 is 22.1. The standard InChI is InChI=1S/C9H16N4O2S/c1-7-6-11-9(10)12-8(7)13(2)4-5-16(3,14)15/h6H,4-5H2,1-3H3,(H2,10,11,12). The van der Waals surface area contributed by atoms with E-state index in [1.165, 1.54) is 6.26 Å². The van der Waals surface area contributed by atoms with Crippen LogP contribution in [0, 0.1) is 6.92 Å². The summed E-state index contributed by atoms with van der Waals surface area (Å²) in [6.45, 7) is 2.24. The molecule has 0 fully saturated rings. The van der Waals surface area contributed by atoms with Crippen molar-refractivity contribution < 1.29 is 8.42 Å². The Labute approximate surface area is 95.4 Å². The molecule has 7 heteroatoms. The number of hydrogen-bond donors (Lipinski definition) is 1. The van der Waals surface area contributed by atoms with Crippen LogP contribution in [0.2, 0.25) is 0 Å². The average molecular weight is 244 g/mol. The Morgan fingerprint density at radius 3 is 2.69 bits per heavy atom. The molecule has 1 heterocycles. The molecule has 16 heavy (non-hydrogen) atoms. The van der Waals surface area contributed by atoms with Crippen molar-refractivity contribution in [1.29, 1.82) is 0 Å². The Hall–Kier alpha value is -1.37. The maximum atomic E-state index is 11.0. The molecule has 0 aliphatic rings. The molecule has 0 saturated carbocycles. The minimum Gasteiger partial charge on any atom is -0.368 e. The molecular weight excluding hydrogens is 228 g/mol. The van der Waals surface area contributed by atoms with E-state index in [1.54, 1.807) is 18.1 Å². The van der Waals surface area contributed by atoms with Crippen LogP contribution in [0.4, 0.5) is 11.8 Å². The lowest BCUT2D eigenvalue weighted by Crippen LogP contribution is -2.26. The number of aryl methyl sites for hydroxylation is 1. The molecule has 0 aliphatic heterocycles. The van der Waals surface area contributed by atoms with Gasteiger partial charge in [0, 0.05) is 31.6 Å². The van der Waals surface area contributed by atoms with E-state index >= 15 is 0 Å². The second-order valence-corrected chi connectivity index (χ2v) is 6.05. The van der Waals surface area contributed by atoms with E-state index in [4.69, 9.17) is 5.73 Å². The highest BCUT2D eigenvalue weighted by molar-refractivity contribution is 7.90. The smallest absolute Gasteiger partial charge is 0.221 e. The second kappa shape index (κ2) is 4.65. The highest BCUT2D eigenvalue weighted by Gasteiger charge is 2.10. The Bertz CT molecular complexity index is 472. The van der Waals surface area contributed by atoms with Gasteiger partial charge in [-0.1, -0.05) is 0 Å². The van der Waals surface area contributed by atoms with E-state index in [0.29, 0.717) is 12.4 Å². The Morgan fingerprint density at radius 1 is 1.50 bits per heavy atom. The predicted molar refractivity (Wildman–Crippen MR) is 64.2 cm³/mol. The molecule has 1 rings (SSSR count). The lowest BCUT2D eigenvalue weighted by molar-refractivity contribution is 0.601. The molecule has 2 N–H and O–H groups in total. The van der Waals surface area contributed by atoms with Crippen LogP contribution in [0.3, 0.4) is 0 Å². The fourth-order valence-corrected chi connectivity index (χ4v) is 1.85. The van der Waals surface area contributed by atoms with E-state index in [9.17, 15) is 8.42 Å². The number of sulfone groups is 1. The molecule has 0 aliphatic carbocycles. The van der Waals surface area contributed by atoms with Crippen LogP contribution < -0.4 is 10.6 Å². The van der Waals surface area contributed by atoms with Gasteiger partial charge in [0.25, 0.3) is 0 Å². The summed E-state index contributed by atoms with van der Waals surface area (Å²) in [7, 11) is -1.19. The van der Waals surface area contributed by atoms with Gasteiger partial charge < -0.3 is 10.6 Å². The van der Waals surface area contributed by atoms with Gasteiger partial charge in [-0.15, -0.1) is 0 Å². The van der Waals surface area contributed by atoms with Crippen molar-refractivity contribution in [3.05, 3.63) is 11.8 Å². The summed E-state index contributed by atoms with van der Waals surface area (Å²) in [5.74, 6) is 0.940. The molecule has 90 valence electrons. The first-order chi connectivity index (χ1) is 7.29. The van der Waals surface area contributed by atoms with Crippen molar-refractivity contribution in [2.75, 3.05) is 36.2 Å². The molecule has 0 bridgehead atoms. The summed E-state index contributed by atoms with van der Waals surface area (Å²) in [4.78, 5) is 9.68. The van der Waals surface area contributed by atoms with Gasteiger partial charge in [-0.25, -0.2) is 13.4 Å². The molecule has 0 spiro atoms. The molecule has 0 unspecified atom stereocenters. The van der Waals surface area contributed by atoms with Crippen molar-refractivity contribution in [1.82, 2.24) is 9.97 Å². The molecule has 0 saturated heterocycles. The first-order valence-electron chi connectivity index (χ1n) is 4.77. The fourth-order valence-electron chi connectivity index (χ4n) is 1.24. The predicted octanol–water partition coefficient (Wildman–Crippen LogP) is -0.152. The first kappa shape index (κ1) is 12.7. The van der Waals surface area contributed by atoms with Crippen molar-refractivity contribution in [3.63, 3.8) is 0 Å². The van der Waals surface area contributed by atoms with Gasteiger partial charge in [0.05, 0.1) is 5.75 Å². The van der Waals surface area contributed by atoms with Crippen molar-refractivity contribution in [2.45, 2.75) is 6.92 Å². The van der Waals surface area contributed by atoms with Crippen LogP contribution in [0.5, 0.6) is 0 Å². The van der Waals surface area contributed by atoms with Crippen LogP contribution in [-0.2, 0) is 9.84 Å². The van der Waals surface area contributed by atoms with Crippen LogP contribution in [0.25, 0.3) is 0 Å². The zero-order valence-electron chi connectivity index (χ0n) is 9.64. The number of anilines is 2. The molecule has 0 radical (unpaired) electrons. The third-order valence-corrected chi connectivity index (χ3v) is 3.05. The lowest BCUT2D eigenvalue weighted by atomic mass is 10.3. The maximum absolute atomic E-state index is 11.0. The molecule has 1 aromatic heterocycles. The molecule has 0 aromatic carbocycles. The van der Waals surface area contributed by atoms with Gasteiger partial charge in [0.1, 0.15) is 15.7 Å². The second-order valence-electron chi connectivity index (χ2n) is 3.79. The van der Waals surface area contributed by atoms with E-state index in [1.807, 2.05) is 6.92 Å². The van der Waals surface area contributed by atoms with Crippen molar-refractivity contribution in [2.24, 2.45) is 0 Å². The zero-order valence-corrected chi connectivity index (χ0v) is 10.5. The number of nitrogens with two attached hydrogens (primary N) is 1. The van der Waals surface area contributed by atoms with Gasteiger partial charge in [-0.3, -0.25) is 0 Å². The molecular formula is C9H16N4O2S. The number of aromatic nitrogens is 2. The maximum Gasteiger partial charge on any atom is 0.221 e. The number of nitrogens with zero attached hydrogens (tertiary/aromatic N) is 3. The first-order valence-corrected chi connectivity index (χ1v) is 6.83. The van der Waals surface area contributed by atoms with Crippen LogP contribution in [0.1, 0.15) is 5.56 Å². The number of rotatable bonds is 4. The quantitative estimate of drug-likeness (QED) is 0.792. The monoisotopic (exact) mass is 244 g/mol. The van der Waals surface area contributed by atoms with Crippen molar-refractivity contribution in [3.8, 4) is 0 Å². The van der Waals surface area contributed by atoms with Crippen LogP contribution >= 0.6 is 0 Å². The highest BCUT2D eigenvalue weighted by Crippen LogP contribution is 2.15. The van der Waals surface area contributed by atoms with Gasteiger partial charge in [-0.2, -0.15) is 4.98 Å². The van der Waals surface area contributed by atoms with Gasteiger partial charge in [-0.05, 0) is 6.92 Å².